The van der Waals surface area contributed by atoms with E-state index in [1.807, 2.05) is 0 Å². The van der Waals surface area contributed by atoms with Crippen LogP contribution in [0.3, 0.4) is 0 Å². The Morgan fingerprint density at radius 2 is 1.77 bits per heavy atom. The number of sulfone groups is 2. The van der Waals surface area contributed by atoms with Crippen LogP contribution in [0.4, 0.5) is 0 Å². The number of halogens is 2. The van der Waals surface area contributed by atoms with Gasteiger partial charge < -0.3 is 14.0 Å². The Balaban J connectivity index is 1.33. The van der Waals surface area contributed by atoms with E-state index in [-0.39, 0.29) is 39.6 Å². The molecule has 1 aromatic heterocycles. The molecule has 12 heteroatoms. The normalized spacial score (nSPS) is 16.1. The summed E-state index contributed by atoms with van der Waals surface area (Å²) in [6.45, 7) is 0.0455. The van der Waals surface area contributed by atoms with Crippen LogP contribution in [0, 0.1) is 0 Å². The highest BCUT2D eigenvalue weighted by atomic mass is 35.5. The lowest BCUT2D eigenvalue weighted by Gasteiger charge is -2.12. The molecule has 2 heterocycles. The Labute approximate surface area is 235 Å². The van der Waals surface area contributed by atoms with Gasteiger partial charge >= 0.3 is 0 Å². The summed E-state index contributed by atoms with van der Waals surface area (Å²) in [6, 6.07) is 13.8. The molecule has 202 valence electrons. The Bertz CT molecular complexity index is 1830. The van der Waals surface area contributed by atoms with Crippen LogP contribution in [0.1, 0.15) is 35.6 Å². The molecule has 0 unspecified atom stereocenters. The summed E-state index contributed by atoms with van der Waals surface area (Å²) in [6.07, 6.45) is 3.01. The number of benzene rings is 3. The second-order valence-corrected chi connectivity index (χ2v) is 14.3. The van der Waals surface area contributed by atoms with Crippen molar-refractivity contribution in [3.63, 3.8) is 0 Å². The number of hydrogen-bond donors (Lipinski definition) is 0. The van der Waals surface area contributed by atoms with Crippen LogP contribution < -0.4 is 9.47 Å². The van der Waals surface area contributed by atoms with E-state index in [0.29, 0.717) is 43.9 Å². The molecule has 0 atom stereocenters. The molecule has 0 saturated heterocycles. The Morgan fingerprint density at radius 3 is 2.46 bits per heavy atom. The fourth-order valence-electron chi connectivity index (χ4n) is 4.49. The van der Waals surface area contributed by atoms with Crippen molar-refractivity contribution < 1.29 is 30.8 Å². The van der Waals surface area contributed by atoms with Crippen molar-refractivity contribution in [2.75, 3.05) is 6.26 Å². The van der Waals surface area contributed by atoms with Gasteiger partial charge in [0, 0.05) is 29.4 Å². The van der Waals surface area contributed by atoms with Gasteiger partial charge in [-0.05, 0) is 49.2 Å². The number of ether oxygens (including phenoxy) is 2. The molecule has 0 N–H and O–H groups in total. The average Bonchev–Trinajstić information content (AvgIpc) is 3.64. The standard InChI is InChI=1S/C27H21Cl2NO7S2/c1-38(31,32)18-9-7-16-14-39(33,34)24-11-17(8-10-22(24)36-23(16)12-18)35-13-19-26(30-37-27(19)15-5-6-15)25-20(28)3-2-4-21(25)29/h2-4,7-12,15H,5-6,13-14H2,1H3. The summed E-state index contributed by atoms with van der Waals surface area (Å²) in [7, 11) is -7.33. The lowest BCUT2D eigenvalue weighted by Crippen LogP contribution is -2.05. The van der Waals surface area contributed by atoms with Gasteiger partial charge in [-0.2, -0.15) is 0 Å². The van der Waals surface area contributed by atoms with Crippen LogP contribution in [0.5, 0.6) is 17.2 Å². The predicted octanol–water partition coefficient (Wildman–Crippen LogP) is 6.59. The third-order valence-electron chi connectivity index (χ3n) is 6.63. The quantitative estimate of drug-likeness (QED) is 0.242. The monoisotopic (exact) mass is 605 g/mol. The molecule has 2 aliphatic rings. The van der Waals surface area contributed by atoms with Gasteiger partial charge in [-0.1, -0.05) is 40.5 Å². The van der Waals surface area contributed by atoms with Gasteiger partial charge in [-0.15, -0.1) is 0 Å². The highest BCUT2D eigenvalue weighted by Gasteiger charge is 2.34. The molecule has 0 bridgehead atoms. The van der Waals surface area contributed by atoms with Gasteiger partial charge in [0.1, 0.15) is 40.2 Å². The summed E-state index contributed by atoms with van der Waals surface area (Å²) in [4.78, 5) is -0.0177. The molecule has 1 fully saturated rings. The third-order valence-corrected chi connectivity index (χ3v) is 10.1. The predicted molar refractivity (Wildman–Crippen MR) is 145 cm³/mol. The van der Waals surface area contributed by atoms with Crippen LogP contribution in [0.25, 0.3) is 11.3 Å². The summed E-state index contributed by atoms with van der Waals surface area (Å²) < 4.78 is 68.2. The molecule has 39 heavy (non-hydrogen) atoms. The summed E-state index contributed by atoms with van der Waals surface area (Å²) in [5.41, 5.74) is 2.08. The molecular formula is C27H21Cl2NO7S2. The lowest BCUT2D eigenvalue weighted by molar-refractivity contribution is 0.299. The Morgan fingerprint density at radius 1 is 1.03 bits per heavy atom. The number of aromatic nitrogens is 1. The zero-order chi connectivity index (χ0) is 27.5. The van der Waals surface area contributed by atoms with Crippen molar-refractivity contribution in [2.45, 2.75) is 40.9 Å². The number of nitrogens with zero attached hydrogens (tertiary/aromatic N) is 1. The fourth-order valence-corrected chi connectivity index (χ4v) is 7.22. The van der Waals surface area contributed by atoms with E-state index in [0.717, 1.165) is 19.1 Å². The first-order chi connectivity index (χ1) is 18.5. The first kappa shape index (κ1) is 26.2. The van der Waals surface area contributed by atoms with Crippen molar-refractivity contribution >= 4 is 42.9 Å². The molecule has 3 aromatic carbocycles. The van der Waals surface area contributed by atoms with Gasteiger partial charge in [0.2, 0.25) is 0 Å². The van der Waals surface area contributed by atoms with Crippen molar-refractivity contribution in [3.05, 3.63) is 81.5 Å². The van der Waals surface area contributed by atoms with Gasteiger partial charge in [0.25, 0.3) is 0 Å². The van der Waals surface area contributed by atoms with E-state index < -0.39 is 19.7 Å². The molecule has 0 amide bonds. The van der Waals surface area contributed by atoms with Crippen LogP contribution in [0.2, 0.25) is 10.0 Å². The summed E-state index contributed by atoms with van der Waals surface area (Å²) in [5.74, 6) is 1.12. The van der Waals surface area contributed by atoms with E-state index >= 15 is 0 Å². The Kier molecular flexibility index (Phi) is 6.41. The zero-order valence-electron chi connectivity index (χ0n) is 20.5. The van der Waals surface area contributed by atoms with Crippen molar-refractivity contribution in [1.29, 1.82) is 0 Å². The van der Waals surface area contributed by atoms with E-state index in [2.05, 4.69) is 5.16 Å². The molecule has 8 nitrogen and oxygen atoms in total. The minimum atomic E-state index is -3.83. The molecule has 0 spiro atoms. The third kappa shape index (κ3) is 5.02. The maximum Gasteiger partial charge on any atom is 0.186 e. The molecule has 6 rings (SSSR count). The lowest BCUT2D eigenvalue weighted by atomic mass is 10.0. The van der Waals surface area contributed by atoms with Crippen LogP contribution in [-0.4, -0.2) is 28.2 Å². The van der Waals surface area contributed by atoms with Crippen molar-refractivity contribution in [3.8, 4) is 28.5 Å². The number of rotatable bonds is 6. The van der Waals surface area contributed by atoms with Crippen molar-refractivity contribution in [1.82, 2.24) is 5.16 Å². The van der Waals surface area contributed by atoms with Crippen LogP contribution in [-0.2, 0) is 32.0 Å². The highest BCUT2D eigenvalue weighted by Crippen LogP contribution is 2.46. The first-order valence-corrected chi connectivity index (χ1v) is 16.2. The van der Waals surface area contributed by atoms with E-state index in [9.17, 15) is 16.8 Å². The molecule has 1 aliphatic heterocycles. The molecule has 4 aromatic rings. The van der Waals surface area contributed by atoms with Gasteiger partial charge in [0.15, 0.2) is 19.7 Å². The smallest absolute Gasteiger partial charge is 0.186 e. The second kappa shape index (κ2) is 9.55. The SMILES string of the molecule is CS(=O)(=O)c1ccc2c(c1)Oc1ccc(OCc3c(-c4c(Cl)cccc4Cl)noc3C3CC3)cc1S(=O)(=O)C2. The molecular weight excluding hydrogens is 585 g/mol. The van der Waals surface area contributed by atoms with E-state index in [1.165, 1.54) is 30.3 Å². The minimum Gasteiger partial charge on any atom is -0.489 e. The topological polar surface area (TPSA) is 113 Å². The van der Waals surface area contributed by atoms with Crippen LogP contribution >= 0.6 is 23.2 Å². The van der Waals surface area contributed by atoms with Gasteiger partial charge in [-0.25, -0.2) is 16.8 Å². The average molecular weight is 607 g/mol. The number of hydrogen-bond acceptors (Lipinski definition) is 8. The van der Waals surface area contributed by atoms with Crippen LogP contribution in [0.15, 0.2) is 68.9 Å². The summed E-state index contributed by atoms with van der Waals surface area (Å²) in [5, 5.41) is 5.10. The Hall–Kier alpha value is -3.05. The van der Waals surface area contributed by atoms with E-state index in [4.69, 9.17) is 37.2 Å². The van der Waals surface area contributed by atoms with Gasteiger partial charge in [-0.3, -0.25) is 0 Å². The fraction of sp³-hybridized carbons (Fsp3) is 0.222. The second-order valence-electron chi connectivity index (χ2n) is 9.54. The minimum absolute atomic E-state index is 0.0386. The molecule has 1 saturated carbocycles. The summed E-state index contributed by atoms with van der Waals surface area (Å²) >= 11 is 12.9. The zero-order valence-corrected chi connectivity index (χ0v) is 23.6. The van der Waals surface area contributed by atoms with Crippen molar-refractivity contribution in [2.24, 2.45) is 0 Å². The number of fused-ring (bicyclic) bond motifs is 2. The highest BCUT2D eigenvalue weighted by molar-refractivity contribution is 7.91. The first-order valence-electron chi connectivity index (χ1n) is 11.9. The largest absolute Gasteiger partial charge is 0.489 e. The van der Waals surface area contributed by atoms with E-state index in [1.54, 1.807) is 24.3 Å². The maximum absolute atomic E-state index is 13.3. The molecule has 0 radical (unpaired) electrons. The maximum atomic E-state index is 13.3. The molecule has 1 aliphatic carbocycles. The van der Waals surface area contributed by atoms with Gasteiger partial charge in [0.05, 0.1) is 26.3 Å².